The van der Waals surface area contributed by atoms with Crippen molar-refractivity contribution in [3.05, 3.63) is 81.2 Å². The maximum absolute atomic E-state index is 12.7. The Morgan fingerprint density at radius 3 is 2.66 bits per heavy atom. The molecule has 29 heavy (non-hydrogen) atoms. The van der Waals surface area contributed by atoms with E-state index in [0.717, 1.165) is 5.69 Å². The molecule has 144 valence electrons. The second kappa shape index (κ2) is 7.31. The lowest BCUT2D eigenvalue weighted by Crippen LogP contribution is -2.22. The van der Waals surface area contributed by atoms with E-state index in [1.807, 2.05) is 30.3 Å². The van der Waals surface area contributed by atoms with Gasteiger partial charge in [-0.2, -0.15) is 15.0 Å². The maximum atomic E-state index is 12.7. The van der Waals surface area contributed by atoms with Crippen molar-refractivity contribution in [1.82, 2.24) is 24.5 Å². The molecule has 4 aromatic rings. The Balaban J connectivity index is 1.66. The van der Waals surface area contributed by atoms with Crippen LogP contribution >= 0.6 is 0 Å². The highest BCUT2D eigenvalue weighted by Crippen LogP contribution is 2.17. The zero-order valence-corrected chi connectivity index (χ0v) is 14.9. The van der Waals surface area contributed by atoms with Crippen molar-refractivity contribution in [2.75, 3.05) is 11.1 Å². The smallest absolute Gasteiger partial charge is 0.271 e. The number of hydrogen-bond acceptors (Lipinski definition) is 9. The van der Waals surface area contributed by atoms with Crippen molar-refractivity contribution in [1.29, 1.82) is 0 Å². The van der Waals surface area contributed by atoms with Crippen LogP contribution in [0.5, 0.6) is 0 Å². The number of nitrogens with one attached hydrogen (secondary N) is 1. The molecule has 0 unspecified atom stereocenters. The van der Waals surface area contributed by atoms with Gasteiger partial charge in [-0.25, -0.2) is 4.98 Å². The Hall–Kier alpha value is -4.41. The summed E-state index contributed by atoms with van der Waals surface area (Å²) in [6, 6.07) is 13.2. The van der Waals surface area contributed by atoms with Crippen molar-refractivity contribution >= 4 is 34.2 Å². The quantitative estimate of drug-likeness (QED) is 0.383. The highest BCUT2D eigenvalue weighted by Gasteiger charge is 2.12. The number of para-hydroxylation sites is 1. The van der Waals surface area contributed by atoms with Gasteiger partial charge in [-0.05, 0) is 18.2 Å². The molecule has 0 atom stereocenters. The van der Waals surface area contributed by atoms with Gasteiger partial charge in [-0.15, -0.1) is 0 Å². The van der Waals surface area contributed by atoms with Gasteiger partial charge >= 0.3 is 0 Å². The molecule has 0 aliphatic heterocycles. The van der Waals surface area contributed by atoms with Crippen LogP contribution in [0.4, 0.5) is 23.3 Å². The van der Waals surface area contributed by atoms with Gasteiger partial charge in [-0.1, -0.05) is 18.2 Å². The van der Waals surface area contributed by atoms with Crippen molar-refractivity contribution < 1.29 is 4.92 Å². The molecule has 4 rings (SSSR count). The third-order valence-electron chi connectivity index (χ3n) is 4.06. The molecule has 0 fully saturated rings. The van der Waals surface area contributed by atoms with Crippen LogP contribution in [-0.2, 0) is 6.54 Å². The first kappa shape index (κ1) is 18.0. The fourth-order valence-corrected chi connectivity index (χ4v) is 2.74. The fourth-order valence-electron chi connectivity index (χ4n) is 2.74. The van der Waals surface area contributed by atoms with E-state index in [-0.39, 0.29) is 46.4 Å². The molecule has 0 radical (unpaired) electrons. The molecule has 2 aromatic carbocycles. The molecule has 0 saturated carbocycles. The number of non-ortho nitro benzene ring substituents is 1. The van der Waals surface area contributed by atoms with Crippen LogP contribution in [-0.4, -0.2) is 29.4 Å². The topological polar surface area (TPSA) is 155 Å². The van der Waals surface area contributed by atoms with E-state index in [2.05, 4.69) is 25.3 Å². The number of nitrogens with two attached hydrogens (primary N) is 1. The number of nitrogen functional groups attached to an aromatic ring is 1. The Labute approximate surface area is 163 Å². The number of fused-ring (bicyclic) bond motifs is 1. The summed E-state index contributed by atoms with van der Waals surface area (Å²) in [5.41, 5.74) is 6.27. The molecule has 2 aromatic heterocycles. The zero-order valence-electron chi connectivity index (χ0n) is 14.9. The Morgan fingerprint density at radius 2 is 1.90 bits per heavy atom. The Kier molecular flexibility index (Phi) is 4.53. The lowest BCUT2D eigenvalue weighted by atomic mass is 10.2. The summed E-state index contributed by atoms with van der Waals surface area (Å²) in [5.74, 6) is 0.517. The Bertz CT molecular complexity index is 1270. The van der Waals surface area contributed by atoms with Gasteiger partial charge in [-0.3, -0.25) is 19.5 Å². The van der Waals surface area contributed by atoms with E-state index < -0.39 is 4.92 Å². The SMILES string of the molecule is Nc1nc(Cn2cnc3cc([N+](=O)[O-])ccc3c2=O)nc(Nc2ccccc2)n1. The summed E-state index contributed by atoms with van der Waals surface area (Å²) in [6.07, 6.45) is 1.29. The van der Waals surface area contributed by atoms with Crippen LogP contribution in [0, 0.1) is 10.1 Å². The number of rotatable bonds is 5. The molecule has 0 aliphatic rings. The third kappa shape index (κ3) is 3.83. The predicted octanol–water partition coefficient (Wildman–Crippen LogP) is 1.86. The molecule has 0 spiro atoms. The third-order valence-corrected chi connectivity index (χ3v) is 4.06. The summed E-state index contributed by atoms with van der Waals surface area (Å²) in [7, 11) is 0. The number of nitrogens with zero attached hydrogens (tertiary/aromatic N) is 6. The first-order valence-electron chi connectivity index (χ1n) is 8.46. The van der Waals surface area contributed by atoms with Crippen LogP contribution < -0.4 is 16.6 Å². The zero-order chi connectivity index (χ0) is 20.4. The summed E-state index contributed by atoms with van der Waals surface area (Å²) >= 11 is 0. The molecular formula is C18H14N8O3. The van der Waals surface area contributed by atoms with Crippen molar-refractivity contribution in [3.63, 3.8) is 0 Å². The minimum atomic E-state index is -0.540. The van der Waals surface area contributed by atoms with Crippen LogP contribution in [0.1, 0.15) is 5.82 Å². The average Bonchev–Trinajstić information content (AvgIpc) is 2.70. The van der Waals surface area contributed by atoms with Crippen LogP contribution in [0.25, 0.3) is 10.9 Å². The molecule has 11 heteroatoms. The van der Waals surface area contributed by atoms with Gasteiger partial charge in [0.25, 0.3) is 11.2 Å². The highest BCUT2D eigenvalue weighted by atomic mass is 16.6. The molecular weight excluding hydrogens is 376 g/mol. The highest BCUT2D eigenvalue weighted by molar-refractivity contribution is 5.79. The van der Waals surface area contributed by atoms with Gasteiger partial charge < -0.3 is 11.1 Å². The second-order valence-electron chi connectivity index (χ2n) is 6.06. The van der Waals surface area contributed by atoms with Gasteiger partial charge in [0.15, 0.2) is 5.82 Å². The van der Waals surface area contributed by atoms with E-state index in [0.29, 0.717) is 0 Å². The lowest BCUT2D eigenvalue weighted by molar-refractivity contribution is -0.384. The van der Waals surface area contributed by atoms with Gasteiger partial charge in [0.2, 0.25) is 11.9 Å². The number of nitro groups is 1. The van der Waals surface area contributed by atoms with E-state index in [9.17, 15) is 14.9 Å². The van der Waals surface area contributed by atoms with E-state index >= 15 is 0 Å². The minimum absolute atomic E-state index is 0.00542. The van der Waals surface area contributed by atoms with Gasteiger partial charge in [0, 0.05) is 17.8 Å². The number of anilines is 3. The van der Waals surface area contributed by atoms with E-state index in [1.165, 1.54) is 29.1 Å². The Morgan fingerprint density at radius 1 is 1.10 bits per heavy atom. The molecule has 0 amide bonds. The molecule has 11 nitrogen and oxygen atoms in total. The second-order valence-corrected chi connectivity index (χ2v) is 6.06. The summed E-state index contributed by atoms with van der Waals surface area (Å²) < 4.78 is 1.30. The predicted molar refractivity (Wildman–Crippen MR) is 106 cm³/mol. The maximum Gasteiger partial charge on any atom is 0.271 e. The fraction of sp³-hybridized carbons (Fsp3) is 0.0556. The molecule has 0 saturated heterocycles. The molecule has 3 N–H and O–H groups in total. The summed E-state index contributed by atoms with van der Waals surface area (Å²) in [5, 5.41) is 14.2. The van der Waals surface area contributed by atoms with Crippen molar-refractivity contribution in [2.24, 2.45) is 0 Å². The van der Waals surface area contributed by atoms with Gasteiger partial charge in [0.05, 0.1) is 28.7 Å². The number of nitro benzene ring substituents is 1. The number of hydrogen-bond donors (Lipinski definition) is 2. The lowest BCUT2D eigenvalue weighted by Gasteiger charge is -2.09. The number of benzene rings is 2. The van der Waals surface area contributed by atoms with E-state index in [4.69, 9.17) is 5.73 Å². The normalized spacial score (nSPS) is 10.8. The van der Waals surface area contributed by atoms with Crippen molar-refractivity contribution in [3.8, 4) is 0 Å². The summed E-state index contributed by atoms with van der Waals surface area (Å²) in [4.78, 5) is 39.6. The van der Waals surface area contributed by atoms with E-state index in [1.54, 1.807) is 0 Å². The van der Waals surface area contributed by atoms with Gasteiger partial charge in [0.1, 0.15) is 0 Å². The number of aromatic nitrogens is 5. The minimum Gasteiger partial charge on any atom is -0.368 e. The van der Waals surface area contributed by atoms with Crippen LogP contribution in [0.3, 0.4) is 0 Å². The van der Waals surface area contributed by atoms with Crippen LogP contribution in [0.2, 0.25) is 0 Å². The van der Waals surface area contributed by atoms with Crippen LogP contribution in [0.15, 0.2) is 59.7 Å². The largest absolute Gasteiger partial charge is 0.368 e. The van der Waals surface area contributed by atoms with Crippen molar-refractivity contribution in [2.45, 2.75) is 6.54 Å². The monoisotopic (exact) mass is 390 g/mol. The summed E-state index contributed by atoms with van der Waals surface area (Å²) in [6.45, 7) is 0.00888. The standard InChI is InChI=1S/C18H14N8O3/c19-17-22-15(23-18(24-17)21-11-4-2-1-3-5-11)9-25-10-20-14-8-12(26(28)29)6-7-13(14)16(25)27/h1-8,10H,9H2,(H3,19,21,22,23,24). The first-order valence-corrected chi connectivity index (χ1v) is 8.46. The first-order chi connectivity index (χ1) is 14.0. The molecule has 2 heterocycles. The molecule has 0 bridgehead atoms. The average molecular weight is 390 g/mol. The molecule has 0 aliphatic carbocycles.